The Morgan fingerprint density at radius 2 is 1.80 bits per heavy atom. The number of nitrogens with one attached hydrogen (secondary N) is 2. The van der Waals surface area contributed by atoms with Crippen LogP contribution in [0.1, 0.15) is 77.7 Å². The minimum absolute atomic E-state index is 0.0708. The van der Waals surface area contributed by atoms with Crippen molar-refractivity contribution in [3.63, 3.8) is 0 Å². The fourth-order valence-electron chi connectivity index (χ4n) is 5.12. The number of halogens is 2. The van der Waals surface area contributed by atoms with E-state index >= 15 is 0 Å². The molecule has 1 saturated carbocycles. The first kappa shape index (κ1) is 28.4. The zero-order valence-electron chi connectivity index (χ0n) is 22.7. The van der Waals surface area contributed by atoms with Crippen molar-refractivity contribution in [3.8, 4) is 0 Å². The van der Waals surface area contributed by atoms with Gasteiger partial charge in [0.05, 0.1) is 17.4 Å². The quantitative estimate of drug-likeness (QED) is 0.507. The number of pyridine rings is 1. The van der Waals surface area contributed by atoms with Gasteiger partial charge in [-0.15, -0.1) is 0 Å². The number of alkyl halides is 2. The van der Waals surface area contributed by atoms with Crippen LogP contribution in [-0.4, -0.2) is 75.7 Å². The Balaban J connectivity index is 1.36. The summed E-state index contributed by atoms with van der Waals surface area (Å²) >= 11 is 0. The third-order valence-corrected chi connectivity index (χ3v) is 7.66. The van der Waals surface area contributed by atoms with Gasteiger partial charge in [-0.25, -0.2) is 13.8 Å². The lowest BCUT2D eigenvalue weighted by Crippen LogP contribution is -2.40. The molecule has 2 aromatic rings. The van der Waals surface area contributed by atoms with Gasteiger partial charge in [0, 0.05) is 56.8 Å². The van der Waals surface area contributed by atoms with Crippen molar-refractivity contribution in [2.45, 2.75) is 56.9 Å². The lowest BCUT2D eigenvalue weighted by molar-refractivity contribution is -0.136. The molecular formula is C28H34F2N8O3. The highest BCUT2D eigenvalue weighted by atomic mass is 19.3. The number of piperidine rings is 1. The molecular weight excluding hydrogens is 534 g/mol. The third-order valence-electron chi connectivity index (χ3n) is 7.66. The molecule has 41 heavy (non-hydrogen) atoms. The molecule has 4 heterocycles. The SMILES string of the molecule is NC=C1C=NCCCCCCNC(=O)c2nn(C3CCN(C(=O)C4CC4(F)F)CC3)cc2NC(=O)c2cccc1n2. The van der Waals surface area contributed by atoms with E-state index < -0.39 is 29.6 Å². The second-order valence-electron chi connectivity index (χ2n) is 10.6. The van der Waals surface area contributed by atoms with Crippen molar-refractivity contribution < 1.29 is 23.2 Å². The molecule has 0 aromatic carbocycles. The number of nitrogens with two attached hydrogens (primary N) is 1. The smallest absolute Gasteiger partial charge is 0.274 e. The van der Waals surface area contributed by atoms with E-state index in [1.165, 1.54) is 11.1 Å². The topological polar surface area (TPSA) is 148 Å². The van der Waals surface area contributed by atoms with Crippen molar-refractivity contribution in [1.82, 2.24) is 25.0 Å². The maximum absolute atomic E-state index is 13.4. The Hall–Kier alpha value is -4.16. The Labute approximate surface area is 236 Å². The lowest BCUT2D eigenvalue weighted by Gasteiger charge is -2.32. The molecule has 2 bridgehead atoms. The number of hydrogen-bond acceptors (Lipinski definition) is 7. The van der Waals surface area contributed by atoms with Gasteiger partial charge in [0.25, 0.3) is 17.7 Å². The number of aliphatic imine (C=N–C) groups is 1. The number of allylic oxidation sites excluding steroid dienone is 1. The van der Waals surface area contributed by atoms with E-state index in [2.05, 4.69) is 25.7 Å². The lowest BCUT2D eigenvalue weighted by atomic mass is 10.0. The summed E-state index contributed by atoms with van der Waals surface area (Å²) in [5, 5.41) is 10.2. The molecule has 1 unspecified atom stereocenters. The normalized spacial score (nSPS) is 23.2. The van der Waals surface area contributed by atoms with Gasteiger partial charge in [-0.3, -0.25) is 24.1 Å². The average molecular weight is 569 g/mol. The molecule has 4 N–H and O–H groups in total. The molecule has 1 saturated heterocycles. The summed E-state index contributed by atoms with van der Waals surface area (Å²) in [6.07, 6.45) is 8.79. The van der Waals surface area contributed by atoms with Crippen LogP contribution in [0.2, 0.25) is 0 Å². The van der Waals surface area contributed by atoms with Crippen LogP contribution in [-0.2, 0) is 4.79 Å². The van der Waals surface area contributed by atoms with Crippen molar-refractivity contribution in [1.29, 1.82) is 0 Å². The molecule has 2 fully saturated rings. The van der Waals surface area contributed by atoms with Crippen LogP contribution in [0.15, 0.2) is 35.6 Å². The Kier molecular flexibility index (Phi) is 8.41. The fraction of sp³-hybridized carbons (Fsp3) is 0.500. The molecule has 11 nitrogen and oxygen atoms in total. The molecule has 1 atom stereocenters. The molecule has 1 aliphatic carbocycles. The van der Waals surface area contributed by atoms with Crippen LogP contribution in [0, 0.1) is 5.92 Å². The van der Waals surface area contributed by atoms with E-state index in [9.17, 15) is 23.2 Å². The number of amides is 3. The molecule has 3 amide bonds. The highest BCUT2D eigenvalue weighted by molar-refractivity contribution is 6.10. The second-order valence-corrected chi connectivity index (χ2v) is 10.6. The number of hydrogen-bond donors (Lipinski definition) is 3. The van der Waals surface area contributed by atoms with E-state index in [0.29, 0.717) is 50.3 Å². The Bertz CT molecular complexity index is 1360. The summed E-state index contributed by atoms with van der Waals surface area (Å²) in [5.41, 5.74) is 7.30. The predicted molar refractivity (Wildman–Crippen MR) is 149 cm³/mol. The van der Waals surface area contributed by atoms with Gasteiger partial charge < -0.3 is 21.3 Å². The molecule has 2 aliphatic heterocycles. The number of nitrogens with zero attached hydrogens (tertiary/aromatic N) is 5. The van der Waals surface area contributed by atoms with Crippen LogP contribution < -0.4 is 16.4 Å². The van der Waals surface area contributed by atoms with E-state index in [1.54, 1.807) is 35.3 Å². The van der Waals surface area contributed by atoms with Crippen molar-refractivity contribution in [3.05, 3.63) is 47.7 Å². The highest BCUT2D eigenvalue weighted by Crippen LogP contribution is 2.49. The summed E-state index contributed by atoms with van der Waals surface area (Å²) < 4.78 is 28.4. The number of carbonyl (C=O) groups excluding carboxylic acids is 3. The zero-order chi connectivity index (χ0) is 29.0. The van der Waals surface area contributed by atoms with Gasteiger partial charge in [-0.05, 0) is 37.8 Å². The minimum atomic E-state index is -2.90. The molecule has 0 radical (unpaired) electrons. The number of rotatable bonds is 2. The summed E-state index contributed by atoms with van der Waals surface area (Å²) in [5.74, 6) is -5.56. The van der Waals surface area contributed by atoms with E-state index in [4.69, 9.17) is 5.73 Å². The molecule has 0 spiro atoms. The number of carbonyl (C=O) groups is 3. The number of fused-ring (bicyclic) bond motifs is 3. The monoisotopic (exact) mass is 568 g/mol. The predicted octanol–water partition coefficient (Wildman–Crippen LogP) is 3.02. The molecule has 218 valence electrons. The van der Waals surface area contributed by atoms with Crippen molar-refractivity contribution in [2.24, 2.45) is 16.6 Å². The largest absolute Gasteiger partial charge is 0.404 e. The van der Waals surface area contributed by atoms with Gasteiger partial charge in [0.1, 0.15) is 11.6 Å². The van der Waals surface area contributed by atoms with Crippen LogP contribution in [0.5, 0.6) is 0 Å². The summed E-state index contributed by atoms with van der Waals surface area (Å²) in [6.45, 7) is 1.72. The average Bonchev–Trinajstić information content (AvgIpc) is 3.41. The summed E-state index contributed by atoms with van der Waals surface area (Å²) in [4.78, 5) is 49.1. The Morgan fingerprint density at radius 1 is 1.07 bits per heavy atom. The standard InChI is InChI=1S/C28H34F2N8O3/c29-28(30)14-20(28)27(41)37-12-8-19(9-13-37)38-17-23-24(36-38)26(40)33-11-4-2-1-3-10-32-16-18(15-31)21-6-5-7-22(34-21)25(39)35-23/h5-7,15-17,19-20H,1-4,8-14,31H2,(H,33,40)(H,35,39). The van der Waals surface area contributed by atoms with Crippen molar-refractivity contribution >= 4 is 35.2 Å². The van der Waals surface area contributed by atoms with Crippen LogP contribution in [0.3, 0.4) is 0 Å². The molecule has 5 rings (SSSR count). The summed E-state index contributed by atoms with van der Waals surface area (Å²) in [6, 6.07) is 4.81. The van der Waals surface area contributed by atoms with Crippen LogP contribution >= 0.6 is 0 Å². The molecule has 2 aromatic heterocycles. The first-order chi connectivity index (χ1) is 19.8. The maximum atomic E-state index is 13.4. The number of likely N-dealkylation sites (tertiary alicyclic amines) is 1. The maximum Gasteiger partial charge on any atom is 0.274 e. The first-order valence-electron chi connectivity index (χ1n) is 14.0. The third kappa shape index (κ3) is 6.60. The van der Waals surface area contributed by atoms with E-state index in [1.807, 2.05) is 0 Å². The Morgan fingerprint density at radius 3 is 2.54 bits per heavy atom. The van der Waals surface area contributed by atoms with Crippen molar-refractivity contribution in [2.75, 3.05) is 31.5 Å². The number of aromatic nitrogens is 3. The second kappa shape index (κ2) is 12.1. The summed E-state index contributed by atoms with van der Waals surface area (Å²) in [7, 11) is 0. The highest BCUT2D eigenvalue weighted by Gasteiger charge is 2.62. The van der Waals surface area contributed by atoms with Gasteiger partial charge >= 0.3 is 0 Å². The van der Waals surface area contributed by atoms with E-state index in [0.717, 1.165) is 25.7 Å². The van der Waals surface area contributed by atoms with E-state index in [-0.39, 0.29) is 29.5 Å². The molecule has 3 aliphatic rings. The van der Waals surface area contributed by atoms with Crippen LogP contribution in [0.4, 0.5) is 14.5 Å². The zero-order valence-corrected chi connectivity index (χ0v) is 22.7. The molecule has 13 heteroatoms. The first-order valence-corrected chi connectivity index (χ1v) is 14.0. The number of anilines is 1. The fourth-order valence-corrected chi connectivity index (χ4v) is 5.12. The van der Waals surface area contributed by atoms with Crippen LogP contribution in [0.25, 0.3) is 5.57 Å². The van der Waals surface area contributed by atoms with Gasteiger partial charge in [0.15, 0.2) is 5.69 Å². The minimum Gasteiger partial charge on any atom is -0.404 e. The van der Waals surface area contributed by atoms with Gasteiger partial charge in [0.2, 0.25) is 5.91 Å². The van der Waals surface area contributed by atoms with Gasteiger partial charge in [-0.1, -0.05) is 18.9 Å². The van der Waals surface area contributed by atoms with Gasteiger partial charge in [-0.2, -0.15) is 5.10 Å².